The summed E-state index contributed by atoms with van der Waals surface area (Å²) in [5, 5.41) is 13.7. The largest absolute Gasteiger partial charge is 0.458 e. The molecule has 1 atom stereocenters. The Kier molecular flexibility index (Phi) is 6.43. The molecular weight excluding hydrogens is 374 g/mol. The van der Waals surface area contributed by atoms with Crippen LogP contribution in [0.1, 0.15) is 31.4 Å². The number of likely N-dealkylation sites (tertiary alicyclic amines) is 1. The standard InChI is InChI=1S/C21H23N3O5/c1-15(17-6-5-9-19(14-17)24(27)28)29-20(25)16-10-12-23(13-11-16)21(26)22-18-7-3-2-4-8-18/h2-9,14-16H,10-13H2,1H3,(H,22,26)/t15-/m1/s1. The van der Waals surface area contributed by atoms with Gasteiger partial charge in [-0.3, -0.25) is 14.9 Å². The van der Waals surface area contributed by atoms with E-state index in [4.69, 9.17) is 4.74 Å². The summed E-state index contributed by atoms with van der Waals surface area (Å²) in [4.78, 5) is 36.9. The number of anilines is 1. The Hall–Kier alpha value is -3.42. The maximum absolute atomic E-state index is 12.5. The second-order valence-corrected chi connectivity index (χ2v) is 6.99. The molecule has 8 heteroatoms. The number of hydrogen-bond acceptors (Lipinski definition) is 5. The van der Waals surface area contributed by atoms with Crippen LogP contribution in [0.3, 0.4) is 0 Å². The van der Waals surface area contributed by atoms with Gasteiger partial charge in [0.2, 0.25) is 0 Å². The summed E-state index contributed by atoms with van der Waals surface area (Å²) in [6.45, 7) is 2.62. The normalized spacial score (nSPS) is 15.4. The van der Waals surface area contributed by atoms with Gasteiger partial charge in [0, 0.05) is 30.9 Å². The molecule has 1 heterocycles. The van der Waals surface area contributed by atoms with Crippen LogP contribution in [0.25, 0.3) is 0 Å². The average Bonchev–Trinajstić information content (AvgIpc) is 2.74. The van der Waals surface area contributed by atoms with Gasteiger partial charge in [-0.05, 0) is 37.5 Å². The van der Waals surface area contributed by atoms with E-state index in [2.05, 4.69) is 5.32 Å². The van der Waals surface area contributed by atoms with E-state index in [1.165, 1.54) is 12.1 Å². The van der Waals surface area contributed by atoms with Crippen molar-refractivity contribution in [2.24, 2.45) is 5.92 Å². The van der Waals surface area contributed by atoms with Crippen molar-refractivity contribution in [3.05, 3.63) is 70.3 Å². The molecule has 1 aliphatic heterocycles. The van der Waals surface area contributed by atoms with Crippen LogP contribution in [-0.4, -0.2) is 34.9 Å². The topological polar surface area (TPSA) is 102 Å². The first-order chi connectivity index (χ1) is 13.9. The summed E-state index contributed by atoms with van der Waals surface area (Å²) in [6.07, 6.45) is 0.451. The number of nitro groups is 1. The molecule has 0 unspecified atom stereocenters. The number of hydrogen-bond donors (Lipinski definition) is 1. The van der Waals surface area contributed by atoms with Gasteiger partial charge in [-0.25, -0.2) is 4.79 Å². The van der Waals surface area contributed by atoms with Gasteiger partial charge < -0.3 is 15.0 Å². The molecule has 1 aliphatic rings. The van der Waals surface area contributed by atoms with Crippen LogP contribution in [0.2, 0.25) is 0 Å². The highest BCUT2D eigenvalue weighted by molar-refractivity contribution is 5.89. The minimum atomic E-state index is -0.582. The fraction of sp³-hybridized carbons (Fsp3) is 0.333. The molecule has 1 fully saturated rings. The molecule has 0 spiro atoms. The lowest BCUT2D eigenvalue weighted by Crippen LogP contribution is -2.42. The van der Waals surface area contributed by atoms with Gasteiger partial charge in [0.05, 0.1) is 10.8 Å². The number of para-hydroxylation sites is 1. The van der Waals surface area contributed by atoms with Gasteiger partial charge in [0.25, 0.3) is 5.69 Å². The van der Waals surface area contributed by atoms with Crippen molar-refractivity contribution in [1.82, 2.24) is 4.90 Å². The minimum absolute atomic E-state index is 0.0388. The zero-order valence-electron chi connectivity index (χ0n) is 16.1. The number of nitrogens with one attached hydrogen (secondary N) is 1. The van der Waals surface area contributed by atoms with Gasteiger partial charge in [-0.1, -0.05) is 30.3 Å². The molecule has 2 amide bonds. The Morgan fingerprint density at radius 3 is 2.48 bits per heavy atom. The van der Waals surface area contributed by atoms with Gasteiger partial charge in [-0.2, -0.15) is 0 Å². The highest BCUT2D eigenvalue weighted by Crippen LogP contribution is 2.26. The first-order valence-electron chi connectivity index (χ1n) is 9.50. The molecular formula is C21H23N3O5. The van der Waals surface area contributed by atoms with Crippen molar-refractivity contribution >= 4 is 23.4 Å². The minimum Gasteiger partial charge on any atom is -0.458 e. The number of piperidine rings is 1. The molecule has 29 heavy (non-hydrogen) atoms. The molecule has 0 aromatic heterocycles. The maximum Gasteiger partial charge on any atom is 0.321 e. The third-order valence-corrected chi connectivity index (χ3v) is 4.98. The van der Waals surface area contributed by atoms with Crippen LogP contribution in [0.15, 0.2) is 54.6 Å². The van der Waals surface area contributed by atoms with E-state index in [9.17, 15) is 19.7 Å². The van der Waals surface area contributed by atoms with E-state index in [-0.39, 0.29) is 23.6 Å². The van der Waals surface area contributed by atoms with E-state index < -0.39 is 11.0 Å². The number of non-ortho nitro benzene ring substituents is 1. The Balaban J connectivity index is 1.50. The summed E-state index contributed by atoms with van der Waals surface area (Å²) >= 11 is 0. The molecule has 0 bridgehead atoms. The van der Waals surface area contributed by atoms with Crippen molar-refractivity contribution in [2.45, 2.75) is 25.9 Å². The SMILES string of the molecule is C[C@@H](OC(=O)C1CCN(C(=O)Nc2ccccc2)CC1)c1cccc([N+](=O)[O-])c1. The molecule has 1 saturated heterocycles. The number of nitrogens with zero attached hydrogens (tertiary/aromatic N) is 2. The number of carbonyl (C=O) groups excluding carboxylic acids is 2. The van der Waals surface area contributed by atoms with Crippen LogP contribution in [0.5, 0.6) is 0 Å². The molecule has 1 N–H and O–H groups in total. The number of carbonyl (C=O) groups is 2. The summed E-state index contributed by atoms with van der Waals surface area (Å²) in [6, 6.07) is 15.1. The quantitative estimate of drug-likeness (QED) is 0.464. The van der Waals surface area contributed by atoms with Crippen molar-refractivity contribution in [1.29, 1.82) is 0 Å². The highest BCUT2D eigenvalue weighted by atomic mass is 16.6. The van der Waals surface area contributed by atoms with Gasteiger partial charge in [0.1, 0.15) is 6.10 Å². The lowest BCUT2D eigenvalue weighted by atomic mass is 9.97. The Morgan fingerprint density at radius 1 is 1.14 bits per heavy atom. The summed E-state index contributed by atoms with van der Waals surface area (Å²) in [5.74, 6) is -0.635. The average molecular weight is 397 g/mol. The number of benzene rings is 2. The molecule has 2 aromatic carbocycles. The van der Waals surface area contributed by atoms with Crippen LogP contribution in [0, 0.1) is 16.0 Å². The van der Waals surface area contributed by atoms with Crippen molar-refractivity contribution in [2.75, 3.05) is 18.4 Å². The van der Waals surface area contributed by atoms with Crippen molar-refractivity contribution in [3.63, 3.8) is 0 Å². The lowest BCUT2D eigenvalue weighted by molar-refractivity contribution is -0.385. The third kappa shape index (κ3) is 5.31. The van der Waals surface area contributed by atoms with Crippen molar-refractivity contribution in [3.8, 4) is 0 Å². The maximum atomic E-state index is 12.5. The number of ether oxygens (including phenoxy) is 1. The van der Waals surface area contributed by atoms with Crippen molar-refractivity contribution < 1.29 is 19.2 Å². The van der Waals surface area contributed by atoms with Gasteiger partial charge >= 0.3 is 12.0 Å². The Morgan fingerprint density at radius 2 is 1.83 bits per heavy atom. The van der Waals surface area contributed by atoms with E-state index in [1.54, 1.807) is 24.0 Å². The van der Waals surface area contributed by atoms with Crippen LogP contribution in [0.4, 0.5) is 16.2 Å². The van der Waals surface area contributed by atoms with E-state index in [0.29, 0.717) is 31.5 Å². The highest BCUT2D eigenvalue weighted by Gasteiger charge is 2.29. The van der Waals surface area contributed by atoms with Gasteiger partial charge in [0.15, 0.2) is 0 Å². The molecule has 0 saturated carbocycles. The first-order valence-corrected chi connectivity index (χ1v) is 9.50. The second kappa shape index (κ2) is 9.18. The molecule has 0 radical (unpaired) electrons. The second-order valence-electron chi connectivity index (χ2n) is 6.99. The fourth-order valence-electron chi connectivity index (χ4n) is 3.27. The van der Waals surface area contributed by atoms with Crippen LogP contribution >= 0.6 is 0 Å². The predicted octanol–water partition coefficient (Wildman–Crippen LogP) is 4.14. The molecule has 152 valence electrons. The first kappa shape index (κ1) is 20.3. The summed E-state index contributed by atoms with van der Waals surface area (Å²) in [5.41, 5.74) is 1.26. The number of esters is 1. The molecule has 8 nitrogen and oxygen atoms in total. The fourth-order valence-corrected chi connectivity index (χ4v) is 3.27. The predicted molar refractivity (Wildman–Crippen MR) is 107 cm³/mol. The van der Waals surface area contributed by atoms with E-state index >= 15 is 0 Å². The zero-order chi connectivity index (χ0) is 20.8. The van der Waals surface area contributed by atoms with E-state index in [0.717, 1.165) is 5.69 Å². The summed E-state index contributed by atoms with van der Waals surface area (Å²) < 4.78 is 5.52. The Bertz CT molecular complexity index is 879. The molecule has 3 rings (SSSR count). The summed E-state index contributed by atoms with van der Waals surface area (Å²) in [7, 11) is 0. The van der Waals surface area contributed by atoms with E-state index in [1.807, 2.05) is 30.3 Å². The number of rotatable bonds is 5. The van der Waals surface area contributed by atoms with Gasteiger partial charge in [-0.15, -0.1) is 0 Å². The third-order valence-electron chi connectivity index (χ3n) is 4.98. The smallest absolute Gasteiger partial charge is 0.321 e. The number of amides is 2. The van der Waals surface area contributed by atoms with Crippen LogP contribution < -0.4 is 5.32 Å². The zero-order valence-corrected chi connectivity index (χ0v) is 16.1. The number of urea groups is 1. The molecule has 2 aromatic rings. The number of nitro benzene ring substituents is 1. The monoisotopic (exact) mass is 397 g/mol. The molecule has 0 aliphatic carbocycles. The Labute approximate surface area is 168 Å². The van der Waals surface area contributed by atoms with Crippen LogP contribution in [-0.2, 0) is 9.53 Å². The lowest BCUT2D eigenvalue weighted by Gasteiger charge is -2.31.